The van der Waals surface area contributed by atoms with Gasteiger partial charge in [0.15, 0.2) is 5.43 Å². The van der Waals surface area contributed by atoms with E-state index in [1.165, 1.54) is 6.07 Å². The van der Waals surface area contributed by atoms with E-state index in [9.17, 15) is 10.0 Å². The van der Waals surface area contributed by atoms with Gasteiger partial charge in [0.05, 0.1) is 5.52 Å². The van der Waals surface area contributed by atoms with E-state index in [4.69, 9.17) is 5.73 Å². The van der Waals surface area contributed by atoms with Crippen molar-refractivity contribution in [1.82, 2.24) is 4.73 Å². The lowest BCUT2D eigenvalue weighted by Crippen LogP contribution is -2.11. The molecule has 0 aliphatic heterocycles. The van der Waals surface area contributed by atoms with Crippen LogP contribution < -0.4 is 11.2 Å². The van der Waals surface area contributed by atoms with E-state index in [1.54, 1.807) is 24.3 Å². The predicted molar refractivity (Wildman–Crippen MR) is 49.8 cm³/mol. The van der Waals surface area contributed by atoms with Crippen molar-refractivity contribution in [3.63, 3.8) is 0 Å². The van der Waals surface area contributed by atoms with Crippen LogP contribution in [0, 0.1) is 0 Å². The van der Waals surface area contributed by atoms with Crippen LogP contribution in [0.15, 0.2) is 35.1 Å². The van der Waals surface area contributed by atoms with Crippen molar-refractivity contribution in [1.29, 1.82) is 0 Å². The molecule has 0 saturated carbocycles. The second-order valence-electron chi connectivity index (χ2n) is 2.76. The molecule has 0 bridgehead atoms. The van der Waals surface area contributed by atoms with Gasteiger partial charge < -0.3 is 10.9 Å². The molecule has 1 aromatic carbocycles. The van der Waals surface area contributed by atoms with Crippen LogP contribution in [0.4, 0.5) is 5.82 Å². The Morgan fingerprint density at radius 1 is 1.31 bits per heavy atom. The quantitative estimate of drug-likeness (QED) is 0.584. The normalized spacial score (nSPS) is 10.5. The molecule has 0 aliphatic carbocycles. The maximum Gasteiger partial charge on any atom is 0.191 e. The maximum absolute atomic E-state index is 11.3. The molecular weight excluding hydrogens is 168 g/mol. The van der Waals surface area contributed by atoms with E-state index in [2.05, 4.69) is 0 Å². The number of nitrogens with zero attached hydrogens (tertiary/aromatic N) is 1. The van der Waals surface area contributed by atoms with Gasteiger partial charge in [-0.15, -0.1) is 0 Å². The molecule has 0 saturated heterocycles. The minimum absolute atomic E-state index is 0.0451. The molecule has 66 valence electrons. The van der Waals surface area contributed by atoms with Gasteiger partial charge in [-0.05, 0) is 12.1 Å². The molecule has 0 aliphatic rings. The number of fused-ring (bicyclic) bond motifs is 1. The molecule has 0 radical (unpaired) electrons. The zero-order chi connectivity index (χ0) is 9.42. The van der Waals surface area contributed by atoms with Gasteiger partial charge in [0, 0.05) is 11.5 Å². The standard InChI is InChI=1S/C9H8N2O2/c10-9-5-8(12)6-3-1-2-4-7(6)11(9)13/h1-5,13H,10H2. The molecule has 0 amide bonds. The number of aromatic nitrogens is 1. The molecule has 1 aromatic heterocycles. The lowest BCUT2D eigenvalue weighted by molar-refractivity contribution is 0.204. The van der Waals surface area contributed by atoms with Crippen molar-refractivity contribution in [2.75, 3.05) is 5.73 Å². The van der Waals surface area contributed by atoms with Gasteiger partial charge in [-0.2, -0.15) is 4.73 Å². The zero-order valence-corrected chi connectivity index (χ0v) is 6.77. The van der Waals surface area contributed by atoms with E-state index < -0.39 is 0 Å². The molecule has 2 rings (SSSR count). The van der Waals surface area contributed by atoms with Gasteiger partial charge in [-0.25, -0.2) is 0 Å². The van der Waals surface area contributed by atoms with Crippen LogP contribution in [0.5, 0.6) is 0 Å². The molecule has 3 N–H and O–H groups in total. The van der Waals surface area contributed by atoms with Gasteiger partial charge in [-0.1, -0.05) is 12.1 Å². The van der Waals surface area contributed by atoms with Crippen LogP contribution in [-0.2, 0) is 0 Å². The van der Waals surface area contributed by atoms with Gasteiger partial charge in [0.2, 0.25) is 0 Å². The second-order valence-corrected chi connectivity index (χ2v) is 2.76. The number of hydrogen-bond donors (Lipinski definition) is 2. The Bertz CT molecular complexity index is 516. The zero-order valence-electron chi connectivity index (χ0n) is 6.77. The molecule has 0 unspecified atom stereocenters. The summed E-state index contributed by atoms with van der Waals surface area (Å²) in [5.74, 6) is 0.0451. The predicted octanol–water partition coefficient (Wildman–Crippen LogP) is 0.821. The summed E-state index contributed by atoms with van der Waals surface area (Å²) >= 11 is 0. The van der Waals surface area contributed by atoms with Crippen LogP contribution in [0.25, 0.3) is 10.9 Å². The highest BCUT2D eigenvalue weighted by Crippen LogP contribution is 2.11. The van der Waals surface area contributed by atoms with Gasteiger partial charge in [0.1, 0.15) is 5.82 Å². The molecule has 0 atom stereocenters. The summed E-state index contributed by atoms with van der Waals surface area (Å²) in [6.45, 7) is 0. The third kappa shape index (κ3) is 1.03. The van der Waals surface area contributed by atoms with Crippen molar-refractivity contribution < 1.29 is 5.21 Å². The van der Waals surface area contributed by atoms with Crippen LogP contribution in [-0.4, -0.2) is 9.94 Å². The number of nitrogens with two attached hydrogens (primary N) is 1. The van der Waals surface area contributed by atoms with Crippen molar-refractivity contribution >= 4 is 16.7 Å². The number of para-hydroxylation sites is 1. The fourth-order valence-corrected chi connectivity index (χ4v) is 1.28. The Balaban J connectivity index is 3.06. The lowest BCUT2D eigenvalue weighted by atomic mass is 10.2. The lowest BCUT2D eigenvalue weighted by Gasteiger charge is -2.05. The average Bonchev–Trinajstić information content (AvgIpc) is 2.15. The van der Waals surface area contributed by atoms with Gasteiger partial charge in [0.25, 0.3) is 0 Å². The number of hydrogen-bond acceptors (Lipinski definition) is 3. The van der Waals surface area contributed by atoms with E-state index >= 15 is 0 Å². The Labute approximate surface area is 73.8 Å². The number of pyridine rings is 1. The summed E-state index contributed by atoms with van der Waals surface area (Å²) in [7, 11) is 0. The van der Waals surface area contributed by atoms with Crippen molar-refractivity contribution in [3.05, 3.63) is 40.6 Å². The third-order valence-corrected chi connectivity index (χ3v) is 1.92. The van der Waals surface area contributed by atoms with Crippen LogP contribution >= 0.6 is 0 Å². The van der Waals surface area contributed by atoms with Crippen LogP contribution in [0.2, 0.25) is 0 Å². The Morgan fingerprint density at radius 3 is 2.77 bits per heavy atom. The first-order chi connectivity index (χ1) is 6.20. The third-order valence-electron chi connectivity index (χ3n) is 1.92. The Morgan fingerprint density at radius 2 is 2.00 bits per heavy atom. The van der Waals surface area contributed by atoms with Crippen LogP contribution in [0.1, 0.15) is 0 Å². The smallest absolute Gasteiger partial charge is 0.191 e. The summed E-state index contributed by atoms with van der Waals surface area (Å²) in [5.41, 5.74) is 5.64. The first-order valence-corrected chi connectivity index (χ1v) is 3.79. The molecule has 2 aromatic rings. The number of nitrogen functional groups attached to an aromatic ring is 1. The first kappa shape index (κ1) is 7.67. The van der Waals surface area contributed by atoms with E-state index in [1.807, 2.05) is 0 Å². The van der Waals surface area contributed by atoms with Crippen molar-refractivity contribution in [2.24, 2.45) is 0 Å². The molecule has 4 heteroatoms. The molecular formula is C9H8N2O2. The van der Waals surface area contributed by atoms with E-state index in [0.29, 0.717) is 10.9 Å². The van der Waals surface area contributed by atoms with Crippen molar-refractivity contribution in [3.8, 4) is 0 Å². The highest BCUT2D eigenvalue weighted by molar-refractivity contribution is 5.80. The van der Waals surface area contributed by atoms with Gasteiger partial charge >= 0.3 is 0 Å². The summed E-state index contributed by atoms with van der Waals surface area (Å²) in [6, 6.07) is 7.94. The summed E-state index contributed by atoms with van der Waals surface area (Å²) in [5, 5.41) is 9.89. The Kier molecular flexibility index (Phi) is 1.48. The average molecular weight is 176 g/mol. The maximum atomic E-state index is 11.3. The fourth-order valence-electron chi connectivity index (χ4n) is 1.28. The van der Waals surface area contributed by atoms with E-state index in [0.717, 1.165) is 4.73 Å². The molecule has 4 nitrogen and oxygen atoms in total. The number of benzene rings is 1. The minimum Gasteiger partial charge on any atom is -0.426 e. The summed E-state index contributed by atoms with van der Waals surface area (Å²) in [6.07, 6.45) is 0. The number of anilines is 1. The minimum atomic E-state index is -0.182. The molecule has 1 heterocycles. The largest absolute Gasteiger partial charge is 0.426 e. The summed E-state index contributed by atoms with van der Waals surface area (Å²) in [4.78, 5) is 11.3. The number of rotatable bonds is 0. The topological polar surface area (TPSA) is 68.2 Å². The fraction of sp³-hybridized carbons (Fsp3) is 0. The molecule has 0 fully saturated rings. The second kappa shape index (κ2) is 2.52. The molecule has 13 heavy (non-hydrogen) atoms. The van der Waals surface area contributed by atoms with E-state index in [-0.39, 0.29) is 11.2 Å². The van der Waals surface area contributed by atoms with Gasteiger partial charge in [-0.3, -0.25) is 4.79 Å². The highest BCUT2D eigenvalue weighted by atomic mass is 16.5. The first-order valence-electron chi connectivity index (χ1n) is 3.79. The SMILES string of the molecule is Nc1cc(=O)c2ccccc2n1O. The summed E-state index contributed by atoms with van der Waals surface area (Å²) < 4.78 is 0.802. The monoisotopic (exact) mass is 176 g/mol. The molecule has 0 spiro atoms. The highest BCUT2D eigenvalue weighted by Gasteiger charge is 2.03. The van der Waals surface area contributed by atoms with Crippen LogP contribution in [0.3, 0.4) is 0 Å². The Hall–Kier alpha value is -1.97. The van der Waals surface area contributed by atoms with Crippen molar-refractivity contribution in [2.45, 2.75) is 0 Å².